The highest BCUT2D eigenvalue weighted by molar-refractivity contribution is 6.33. The lowest BCUT2D eigenvalue weighted by Gasteiger charge is -2.14. The molecule has 0 saturated carbocycles. The van der Waals surface area contributed by atoms with Crippen LogP contribution in [0.4, 0.5) is 5.82 Å². The molecule has 6 nitrogen and oxygen atoms in total. The van der Waals surface area contributed by atoms with Gasteiger partial charge in [0.05, 0.1) is 5.56 Å². The van der Waals surface area contributed by atoms with Gasteiger partial charge in [-0.15, -0.1) is 0 Å². The Morgan fingerprint density at radius 2 is 2.07 bits per heavy atom. The molecule has 148 valence electrons. The number of likely N-dealkylation sites (N-methyl/N-ethyl adjacent to an activating group) is 1. The van der Waals surface area contributed by atoms with Crippen molar-refractivity contribution in [3.05, 3.63) is 76.7 Å². The first kappa shape index (κ1) is 20.6. The number of hydrogen-bond donors (Lipinski definition) is 3. The number of benzene rings is 1. The van der Waals surface area contributed by atoms with Crippen molar-refractivity contribution < 1.29 is 4.79 Å². The third-order valence-corrected chi connectivity index (χ3v) is 4.97. The van der Waals surface area contributed by atoms with E-state index >= 15 is 0 Å². The van der Waals surface area contributed by atoms with Crippen LogP contribution in [0.15, 0.2) is 55.0 Å². The fourth-order valence-corrected chi connectivity index (χ4v) is 3.23. The lowest BCUT2D eigenvalue weighted by Crippen LogP contribution is -2.18. The molecule has 0 spiro atoms. The highest BCUT2D eigenvalue weighted by Crippen LogP contribution is 2.31. The Balaban J connectivity index is 1.82. The van der Waals surface area contributed by atoms with Gasteiger partial charge in [-0.25, -0.2) is 4.98 Å². The molecule has 1 aromatic carbocycles. The minimum absolute atomic E-state index is 0.0368. The van der Waals surface area contributed by atoms with Crippen molar-refractivity contribution in [2.75, 3.05) is 18.9 Å². The Kier molecular flexibility index (Phi) is 6.69. The predicted molar refractivity (Wildman–Crippen MR) is 117 cm³/mol. The Labute approximate surface area is 174 Å². The van der Waals surface area contributed by atoms with E-state index in [1.54, 1.807) is 24.5 Å². The van der Waals surface area contributed by atoms with Gasteiger partial charge in [0.1, 0.15) is 5.82 Å². The Hall–Kier alpha value is -3.09. The second-order valence-corrected chi connectivity index (χ2v) is 7.05. The van der Waals surface area contributed by atoms with Crippen LogP contribution >= 0.6 is 11.6 Å². The zero-order valence-corrected chi connectivity index (χ0v) is 17.0. The van der Waals surface area contributed by atoms with Crippen LogP contribution in [0.25, 0.3) is 11.1 Å². The first-order chi connectivity index (χ1) is 14.0. The van der Waals surface area contributed by atoms with Gasteiger partial charge in [0, 0.05) is 53.4 Å². The molecule has 0 fully saturated rings. The first-order valence-corrected chi connectivity index (χ1v) is 9.54. The molecule has 0 aliphatic heterocycles. The fourth-order valence-electron chi connectivity index (χ4n) is 3.00. The molecule has 2 heterocycles. The smallest absolute Gasteiger partial charge is 0.258 e. The highest BCUT2D eigenvalue weighted by Gasteiger charge is 2.13. The van der Waals surface area contributed by atoms with E-state index in [0.29, 0.717) is 22.9 Å². The largest absolute Gasteiger partial charge is 0.319 e. The van der Waals surface area contributed by atoms with Crippen molar-refractivity contribution in [2.24, 2.45) is 0 Å². The third kappa shape index (κ3) is 4.85. The molecule has 0 aliphatic carbocycles. The van der Waals surface area contributed by atoms with Crippen LogP contribution in [0.1, 0.15) is 27.4 Å². The van der Waals surface area contributed by atoms with Crippen molar-refractivity contribution in [1.29, 1.82) is 5.41 Å². The number of hydrogen-bond acceptors (Lipinski definition) is 5. The SMILES string of the molecule is CNCC(C=N)c1ccc(Cl)c(-c2ccc(NC(=O)c3cnccc3C)nc2)c1. The molecule has 3 N–H and O–H groups in total. The Morgan fingerprint density at radius 3 is 2.72 bits per heavy atom. The Bertz CT molecular complexity index is 1020. The van der Waals surface area contributed by atoms with E-state index in [1.807, 2.05) is 38.2 Å². The summed E-state index contributed by atoms with van der Waals surface area (Å²) in [7, 11) is 1.86. The number of carbonyl (C=O) groups excluding carboxylic acids is 1. The molecule has 2 aromatic heterocycles. The van der Waals surface area contributed by atoms with E-state index in [4.69, 9.17) is 17.0 Å². The standard InChI is InChI=1S/C22H22ClN5O/c1-14-7-8-26-13-19(14)22(29)28-21-6-4-16(12-27-21)18-9-15(3-5-20(18)23)17(10-24)11-25-2/h3-10,12-13,17,24-25H,11H2,1-2H3,(H,27,28,29). The van der Waals surface area contributed by atoms with Crippen molar-refractivity contribution in [1.82, 2.24) is 15.3 Å². The number of rotatable bonds is 7. The second-order valence-electron chi connectivity index (χ2n) is 6.65. The number of halogens is 1. The van der Waals surface area contributed by atoms with Crippen LogP contribution in [-0.4, -0.2) is 35.7 Å². The summed E-state index contributed by atoms with van der Waals surface area (Å²) in [4.78, 5) is 20.8. The predicted octanol–water partition coefficient (Wildman–Crippen LogP) is 4.31. The van der Waals surface area contributed by atoms with Crippen molar-refractivity contribution in [3.63, 3.8) is 0 Å². The molecule has 1 unspecified atom stereocenters. The lowest BCUT2D eigenvalue weighted by atomic mass is 9.96. The normalized spacial score (nSPS) is 11.7. The summed E-state index contributed by atoms with van der Waals surface area (Å²) in [5, 5.41) is 14.1. The van der Waals surface area contributed by atoms with Gasteiger partial charge in [0.15, 0.2) is 0 Å². The maximum Gasteiger partial charge on any atom is 0.258 e. The molecule has 0 radical (unpaired) electrons. The van der Waals surface area contributed by atoms with Gasteiger partial charge < -0.3 is 16.0 Å². The van der Waals surface area contributed by atoms with Gasteiger partial charge in [0.2, 0.25) is 0 Å². The molecule has 0 saturated heterocycles. The molecular weight excluding hydrogens is 386 g/mol. The summed E-state index contributed by atoms with van der Waals surface area (Å²) in [6.07, 6.45) is 6.28. The zero-order valence-electron chi connectivity index (χ0n) is 16.2. The molecular formula is C22H22ClN5O. The maximum absolute atomic E-state index is 12.4. The lowest BCUT2D eigenvalue weighted by molar-refractivity contribution is 0.102. The van der Waals surface area contributed by atoms with E-state index in [-0.39, 0.29) is 11.8 Å². The number of pyridine rings is 2. The summed E-state index contributed by atoms with van der Waals surface area (Å²) < 4.78 is 0. The first-order valence-electron chi connectivity index (χ1n) is 9.16. The topological polar surface area (TPSA) is 90.8 Å². The average Bonchev–Trinajstić information content (AvgIpc) is 2.73. The van der Waals surface area contributed by atoms with Crippen LogP contribution in [0.3, 0.4) is 0 Å². The van der Waals surface area contributed by atoms with Gasteiger partial charge in [0.25, 0.3) is 5.91 Å². The third-order valence-electron chi connectivity index (χ3n) is 4.64. The van der Waals surface area contributed by atoms with E-state index < -0.39 is 0 Å². The molecule has 0 aliphatic rings. The molecule has 1 amide bonds. The van der Waals surface area contributed by atoms with Gasteiger partial charge in [-0.3, -0.25) is 9.78 Å². The zero-order chi connectivity index (χ0) is 20.8. The van der Waals surface area contributed by atoms with Crippen molar-refractivity contribution in [3.8, 4) is 11.1 Å². The quantitative estimate of drug-likeness (QED) is 0.509. The van der Waals surface area contributed by atoms with Crippen LogP contribution in [-0.2, 0) is 0 Å². The van der Waals surface area contributed by atoms with Gasteiger partial charge in [-0.2, -0.15) is 0 Å². The highest BCUT2D eigenvalue weighted by atomic mass is 35.5. The van der Waals surface area contributed by atoms with Gasteiger partial charge in [-0.1, -0.05) is 17.7 Å². The fraction of sp³-hybridized carbons (Fsp3) is 0.182. The molecule has 1 atom stereocenters. The number of aromatic nitrogens is 2. The van der Waals surface area contributed by atoms with Crippen LogP contribution in [0.2, 0.25) is 5.02 Å². The van der Waals surface area contributed by atoms with Crippen molar-refractivity contribution in [2.45, 2.75) is 12.8 Å². The minimum Gasteiger partial charge on any atom is -0.319 e. The molecule has 3 aromatic rings. The number of nitrogens with zero attached hydrogens (tertiary/aromatic N) is 2. The van der Waals surface area contributed by atoms with Crippen LogP contribution in [0.5, 0.6) is 0 Å². The summed E-state index contributed by atoms with van der Waals surface area (Å²) in [5.74, 6) is 0.156. The number of amides is 1. The summed E-state index contributed by atoms with van der Waals surface area (Å²) in [6, 6.07) is 11.1. The van der Waals surface area contributed by atoms with Gasteiger partial charge >= 0.3 is 0 Å². The van der Waals surface area contributed by atoms with E-state index in [9.17, 15) is 4.79 Å². The number of aryl methyl sites for hydroxylation is 1. The summed E-state index contributed by atoms with van der Waals surface area (Å²) in [6.45, 7) is 2.53. The van der Waals surface area contributed by atoms with E-state index in [2.05, 4.69) is 20.6 Å². The minimum atomic E-state index is -0.253. The summed E-state index contributed by atoms with van der Waals surface area (Å²) in [5.41, 5.74) is 4.02. The van der Waals surface area contributed by atoms with Crippen LogP contribution < -0.4 is 10.6 Å². The molecule has 3 rings (SSSR count). The number of anilines is 1. The van der Waals surface area contributed by atoms with Gasteiger partial charge in [-0.05, 0) is 55.4 Å². The molecule has 29 heavy (non-hydrogen) atoms. The second kappa shape index (κ2) is 9.41. The van der Waals surface area contributed by atoms with Crippen LogP contribution in [0, 0.1) is 12.3 Å². The van der Waals surface area contributed by atoms with E-state index in [1.165, 1.54) is 12.4 Å². The molecule has 7 heteroatoms. The number of nitrogens with one attached hydrogen (secondary N) is 3. The van der Waals surface area contributed by atoms with Crippen molar-refractivity contribution >= 4 is 29.5 Å². The summed E-state index contributed by atoms with van der Waals surface area (Å²) >= 11 is 6.40. The Morgan fingerprint density at radius 1 is 1.24 bits per heavy atom. The molecule has 0 bridgehead atoms. The number of carbonyl (C=O) groups is 1. The average molecular weight is 408 g/mol. The van der Waals surface area contributed by atoms with E-state index in [0.717, 1.165) is 22.3 Å². The maximum atomic E-state index is 12.4. The monoisotopic (exact) mass is 407 g/mol.